The van der Waals surface area contributed by atoms with E-state index in [1.807, 2.05) is 0 Å². The Morgan fingerprint density at radius 3 is 2.78 bits per heavy atom. The summed E-state index contributed by atoms with van der Waals surface area (Å²) in [6.07, 6.45) is 2.48. The fourth-order valence-electron chi connectivity index (χ4n) is 2.17. The molecule has 7 nitrogen and oxygen atoms in total. The molecule has 140 valence electrons. The van der Waals surface area contributed by atoms with Gasteiger partial charge in [0, 0.05) is 7.05 Å². The minimum Gasteiger partial charge on any atom is -0.490 e. The second-order valence-electron chi connectivity index (χ2n) is 5.27. The van der Waals surface area contributed by atoms with E-state index in [2.05, 4.69) is 9.97 Å². The molecule has 0 radical (unpaired) electrons. The predicted molar refractivity (Wildman–Crippen MR) is 98.4 cm³/mol. The predicted octanol–water partition coefficient (Wildman–Crippen LogP) is 4.13. The van der Waals surface area contributed by atoms with Crippen LogP contribution in [0.2, 0.25) is 5.28 Å². The van der Waals surface area contributed by atoms with E-state index in [4.69, 9.17) is 21.1 Å². The number of likely N-dealkylation sites (N-methyl/N-ethyl adjacent to an activating group) is 1. The Kier molecular flexibility index (Phi) is 5.62. The standard InChI is InChI=1S/C17H13ClFN3O4S/c1-3-25-12-6-9(7-13-15(23)22(2)17(24)27-13)4-5-11(12)26-14-10(19)8-20-16(18)21-14/h4-8H,3H2,1-2H3/b13-7+. The van der Waals surface area contributed by atoms with E-state index in [1.54, 1.807) is 31.2 Å². The zero-order valence-electron chi connectivity index (χ0n) is 14.2. The summed E-state index contributed by atoms with van der Waals surface area (Å²) in [4.78, 5) is 32.2. The molecule has 2 amide bonds. The third-order valence-electron chi connectivity index (χ3n) is 3.44. The largest absolute Gasteiger partial charge is 0.490 e. The van der Waals surface area contributed by atoms with Crippen LogP contribution >= 0.6 is 23.4 Å². The molecule has 0 unspecified atom stereocenters. The molecule has 2 heterocycles. The SMILES string of the molecule is CCOc1cc(/C=C2/SC(=O)N(C)C2=O)ccc1Oc1nc(Cl)ncc1F. The van der Waals surface area contributed by atoms with Gasteiger partial charge in [0.15, 0.2) is 11.5 Å². The first-order valence-electron chi connectivity index (χ1n) is 7.73. The lowest BCUT2D eigenvalue weighted by molar-refractivity contribution is -0.121. The van der Waals surface area contributed by atoms with Crippen molar-refractivity contribution in [3.63, 3.8) is 0 Å². The number of benzene rings is 1. The lowest BCUT2D eigenvalue weighted by atomic mass is 10.2. The Morgan fingerprint density at radius 1 is 1.33 bits per heavy atom. The van der Waals surface area contributed by atoms with Crippen LogP contribution in [0, 0.1) is 5.82 Å². The molecular formula is C17H13ClFN3O4S. The third kappa shape index (κ3) is 4.20. The first kappa shape index (κ1) is 19.1. The zero-order valence-corrected chi connectivity index (χ0v) is 15.8. The number of ether oxygens (including phenoxy) is 2. The first-order chi connectivity index (χ1) is 12.9. The topological polar surface area (TPSA) is 81.6 Å². The first-order valence-corrected chi connectivity index (χ1v) is 8.92. The van der Waals surface area contributed by atoms with Crippen LogP contribution in [0.3, 0.4) is 0 Å². The molecule has 0 bridgehead atoms. The van der Waals surface area contributed by atoms with E-state index in [0.29, 0.717) is 22.8 Å². The average Bonchev–Trinajstić information content (AvgIpc) is 2.87. The summed E-state index contributed by atoms with van der Waals surface area (Å²) in [6.45, 7) is 2.11. The second-order valence-corrected chi connectivity index (χ2v) is 6.61. The molecule has 27 heavy (non-hydrogen) atoms. The van der Waals surface area contributed by atoms with Gasteiger partial charge in [-0.15, -0.1) is 0 Å². The Balaban J connectivity index is 1.92. The van der Waals surface area contributed by atoms with Gasteiger partial charge in [-0.05, 0) is 54.1 Å². The number of amides is 2. The van der Waals surface area contributed by atoms with Gasteiger partial charge in [0.25, 0.3) is 17.0 Å². The Morgan fingerprint density at radius 2 is 2.11 bits per heavy atom. The second kappa shape index (κ2) is 7.93. The number of hydrogen-bond acceptors (Lipinski definition) is 7. The summed E-state index contributed by atoms with van der Waals surface area (Å²) >= 11 is 6.52. The van der Waals surface area contributed by atoms with Crippen LogP contribution < -0.4 is 9.47 Å². The number of thioether (sulfide) groups is 1. The summed E-state index contributed by atoms with van der Waals surface area (Å²) in [7, 11) is 1.42. The van der Waals surface area contributed by atoms with Crippen LogP contribution in [0.4, 0.5) is 9.18 Å². The summed E-state index contributed by atoms with van der Waals surface area (Å²) in [5.41, 5.74) is 0.617. The summed E-state index contributed by atoms with van der Waals surface area (Å²) in [5, 5.41) is -0.497. The number of hydrogen-bond donors (Lipinski definition) is 0. The molecule has 0 atom stereocenters. The molecule has 2 aromatic rings. The van der Waals surface area contributed by atoms with E-state index in [0.717, 1.165) is 22.9 Å². The van der Waals surface area contributed by atoms with Gasteiger partial charge in [0.2, 0.25) is 11.1 Å². The number of rotatable bonds is 5. The lowest BCUT2D eigenvalue weighted by Crippen LogP contribution is -2.22. The number of imide groups is 1. The molecule has 3 rings (SSSR count). The average molecular weight is 410 g/mol. The van der Waals surface area contributed by atoms with Gasteiger partial charge in [-0.3, -0.25) is 14.5 Å². The molecule has 1 fully saturated rings. The van der Waals surface area contributed by atoms with Crippen molar-refractivity contribution in [3.8, 4) is 17.4 Å². The van der Waals surface area contributed by atoms with Crippen LogP contribution in [0.25, 0.3) is 6.08 Å². The molecule has 1 aliphatic heterocycles. The van der Waals surface area contributed by atoms with Crippen LogP contribution in [0.1, 0.15) is 12.5 Å². The quantitative estimate of drug-likeness (QED) is 0.542. The van der Waals surface area contributed by atoms with E-state index < -0.39 is 5.82 Å². The highest BCUT2D eigenvalue weighted by Gasteiger charge is 2.31. The van der Waals surface area contributed by atoms with Gasteiger partial charge >= 0.3 is 0 Å². The normalized spacial score (nSPS) is 15.6. The monoisotopic (exact) mass is 409 g/mol. The van der Waals surface area contributed by atoms with E-state index in [-0.39, 0.29) is 28.1 Å². The van der Waals surface area contributed by atoms with Gasteiger partial charge in [-0.1, -0.05) is 6.07 Å². The van der Waals surface area contributed by atoms with Gasteiger partial charge in [0.05, 0.1) is 17.7 Å². The Hall–Kier alpha value is -2.65. The fraction of sp³-hybridized carbons (Fsp3) is 0.176. The molecule has 10 heteroatoms. The molecule has 1 aliphatic rings. The van der Waals surface area contributed by atoms with Crippen molar-refractivity contribution in [2.24, 2.45) is 0 Å². The van der Waals surface area contributed by atoms with Gasteiger partial charge < -0.3 is 9.47 Å². The zero-order chi connectivity index (χ0) is 19.6. The van der Waals surface area contributed by atoms with Crippen molar-refractivity contribution in [2.45, 2.75) is 6.92 Å². The molecule has 1 saturated heterocycles. The highest BCUT2D eigenvalue weighted by Crippen LogP contribution is 2.36. The molecule has 0 saturated carbocycles. The van der Waals surface area contributed by atoms with E-state index in [9.17, 15) is 14.0 Å². The number of carbonyl (C=O) groups excluding carboxylic acids is 2. The van der Waals surface area contributed by atoms with Crippen LogP contribution in [-0.4, -0.2) is 39.7 Å². The van der Waals surface area contributed by atoms with E-state index in [1.165, 1.54) is 7.05 Å². The Labute approximate surface area is 163 Å². The van der Waals surface area contributed by atoms with Gasteiger partial charge in [-0.2, -0.15) is 9.37 Å². The van der Waals surface area contributed by atoms with Crippen LogP contribution in [0.15, 0.2) is 29.3 Å². The van der Waals surface area contributed by atoms with Crippen LogP contribution in [0.5, 0.6) is 17.4 Å². The van der Waals surface area contributed by atoms with Crippen molar-refractivity contribution in [2.75, 3.05) is 13.7 Å². The van der Waals surface area contributed by atoms with Crippen molar-refractivity contribution in [1.82, 2.24) is 14.9 Å². The maximum absolute atomic E-state index is 13.8. The number of nitrogens with zero attached hydrogens (tertiary/aromatic N) is 3. The van der Waals surface area contributed by atoms with E-state index >= 15 is 0 Å². The minimum absolute atomic E-state index is 0.156. The Bertz CT molecular complexity index is 954. The summed E-state index contributed by atoms with van der Waals surface area (Å²) in [6, 6.07) is 4.80. The van der Waals surface area contributed by atoms with Crippen molar-refractivity contribution in [3.05, 3.63) is 46.0 Å². The highest BCUT2D eigenvalue weighted by atomic mass is 35.5. The van der Waals surface area contributed by atoms with Crippen molar-refractivity contribution < 1.29 is 23.5 Å². The minimum atomic E-state index is -0.775. The number of carbonyl (C=O) groups is 2. The van der Waals surface area contributed by atoms with Crippen molar-refractivity contribution >= 4 is 40.6 Å². The molecule has 0 N–H and O–H groups in total. The van der Waals surface area contributed by atoms with Gasteiger partial charge in [-0.25, -0.2) is 4.98 Å². The van der Waals surface area contributed by atoms with Crippen LogP contribution in [-0.2, 0) is 4.79 Å². The van der Waals surface area contributed by atoms with Gasteiger partial charge in [0.1, 0.15) is 0 Å². The molecule has 1 aromatic carbocycles. The maximum atomic E-state index is 13.8. The summed E-state index contributed by atoms with van der Waals surface area (Å²) in [5.74, 6) is -0.957. The number of halogens is 2. The smallest absolute Gasteiger partial charge is 0.293 e. The molecule has 0 aliphatic carbocycles. The molecule has 1 aromatic heterocycles. The third-order valence-corrected chi connectivity index (χ3v) is 4.58. The fourth-order valence-corrected chi connectivity index (χ4v) is 3.12. The van der Waals surface area contributed by atoms with Crippen molar-refractivity contribution in [1.29, 1.82) is 0 Å². The number of aromatic nitrogens is 2. The maximum Gasteiger partial charge on any atom is 0.293 e. The highest BCUT2D eigenvalue weighted by molar-refractivity contribution is 8.18. The summed E-state index contributed by atoms with van der Waals surface area (Å²) < 4.78 is 24.8. The molecule has 0 spiro atoms. The molecular weight excluding hydrogens is 397 g/mol. The lowest BCUT2D eigenvalue weighted by Gasteiger charge is -2.12.